The Kier molecular flexibility index (Phi) is 5.96. The summed E-state index contributed by atoms with van der Waals surface area (Å²) in [7, 11) is -0.767. The van der Waals surface area contributed by atoms with Crippen LogP contribution in [-0.2, 0) is 18.9 Å². The first kappa shape index (κ1) is 12.0. The highest BCUT2D eigenvalue weighted by Gasteiger charge is 2.23. The van der Waals surface area contributed by atoms with E-state index in [9.17, 15) is 9.59 Å². The standard InChI is InChI=1S/C5H8BNO4.C2H6/c1-6-10-4(8)2-7-3-5(9)11-6;1-2/h7H,2-3H2,1H3;1-2H3. The van der Waals surface area contributed by atoms with Crippen LogP contribution in [0.3, 0.4) is 0 Å². The minimum absolute atomic E-state index is 0.0550. The summed E-state index contributed by atoms with van der Waals surface area (Å²) in [6.45, 7) is 5.61. The van der Waals surface area contributed by atoms with Crippen LogP contribution in [-0.4, -0.2) is 32.1 Å². The molecule has 1 saturated heterocycles. The normalized spacial score (nSPS) is 17.3. The summed E-state index contributed by atoms with van der Waals surface area (Å²) in [5, 5.41) is 2.56. The van der Waals surface area contributed by atoms with E-state index >= 15 is 0 Å². The van der Waals surface area contributed by atoms with Crippen LogP contribution in [0.25, 0.3) is 0 Å². The smallest absolute Gasteiger partial charge is 0.498 e. The van der Waals surface area contributed by atoms with E-state index in [0.717, 1.165) is 0 Å². The van der Waals surface area contributed by atoms with Crippen molar-refractivity contribution in [2.75, 3.05) is 13.1 Å². The summed E-state index contributed by atoms with van der Waals surface area (Å²) in [6, 6.07) is 0. The van der Waals surface area contributed by atoms with Crippen molar-refractivity contribution in [2.24, 2.45) is 0 Å². The molecule has 0 spiro atoms. The lowest BCUT2D eigenvalue weighted by Crippen LogP contribution is -2.40. The zero-order chi connectivity index (χ0) is 10.3. The van der Waals surface area contributed by atoms with Crippen molar-refractivity contribution in [2.45, 2.75) is 20.7 Å². The molecule has 5 nitrogen and oxygen atoms in total. The third-order valence-electron chi connectivity index (χ3n) is 1.13. The van der Waals surface area contributed by atoms with Gasteiger partial charge in [0.05, 0.1) is 13.1 Å². The monoisotopic (exact) mass is 187 g/mol. The fourth-order valence-corrected chi connectivity index (χ4v) is 0.744. The van der Waals surface area contributed by atoms with Gasteiger partial charge in [-0.25, -0.2) is 0 Å². The van der Waals surface area contributed by atoms with E-state index in [4.69, 9.17) is 0 Å². The lowest BCUT2D eigenvalue weighted by molar-refractivity contribution is -0.141. The topological polar surface area (TPSA) is 64.6 Å². The molecule has 1 aliphatic heterocycles. The maximum atomic E-state index is 10.7. The third kappa shape index (κ3) is 5.24. The molecular formula is C7H14BNO4. The Balaban J connectivity index is 0.000000671. The largest absolute Gasteiger partial charge is 0.595 e. The first-order valence-corrected chi connectivity index (χ1v) is 4.28. The molecule has 0 bridgehead atoms. The summed E-state index contributed by atoms with van der Waals surface area (Å²) in [5.41, 5.74) is 0. The minimum Gasteiger partial charge on any atom is -0.498 e. The van der Waals surface area contributed by atoms with Crippen LogP contribution in [0.5, 0.6) is 0 Å². The Morgan fingerprint density at radius 1 is 1.15 bits per heavy atom. The van der Waals surface area contributed by atoms with Gasteiger partial charge in [0.15, 0.2) is 0 Å². The van der Waals surface area contributed by atoms with Gasteiger partial charge in [0.1, 0.15) is 0 Å². The van der Waals surface area contributed by atoms with E-state index in [1.54, 1.807) is 0 Å². The highest BCUT2D eigenvalue weighted by Crippen LogP contribution is 1.92. The zero-order valence-corrected chi connectivity index (χ0v) is 8.12. The van der Waals surface area contributed by atoms with E-state index < -0.39 is 19.1 Å². The maximum Gasteiger partial charge on any atom is 0.595 e. The Morgan fingerprint density at radius 3 is 1.92 bits per heavy atom. The molecule has 0 radical (unpaired) electrons. The molecule has 0 saturated carbocycles. The minimum atomic E-state index is -0.767. The molecule has 0 aliphatic carbocycles. The fourth-order valence-electron chi connectivity index (χ4n) is 0.744. The summed E-state index contributed by atoms with van der Waals surface area (Å²) in [4.78, 5) is 21.4. The van der Waals surface area contributed by atoms with E-state index in [1.165, 1.54) is 6.82 Å². The van der Waals surface area contributed by atoms with Crippen molar-refractivity contribution in [1.29, 1.82) is 0 Å². The highest BCUT2D eigenvalue weighted by molar-refractivity contribution is 6.47. The van der Waals surface area contributed by atoms with Gasteiger partial charge in [0, 0.05) is 0 Å². The average molecular weight is 187 g/mol. The Morgan fingerprint density at radius 2 is 1.54 bits per heavy atom. The van der Waals surface area contributed by atoms with E-state index in [-0.39, 0.29) is 13.1 Å². The van der Waals surface area contributed by atoms with Gasteiger partial charge in [-0.05, 0) is 6.82 Å². The summed E-state index contributed by atoms with van der Waals surface area (Å²) in [5.74, 6) is -0.824. The van der Waals surface area contributed by atoms with Crippen molar-refractivity contribution >= 4 is 19.1 Å². The van der Waals surface area contributed by atoms with Gasteiger partial charge in [-0.1, -0.05) is 13.8 Å². The van der Waals surface area contributed by atoms with Crippen LogP contribution < -0.4 is 5.32 Å². The molecule has 0 aromatic rings. The SMILES string of the molecule is CB1OC(=O)CNCC(=O)O1.CC. The van der Waals surface area contributed by atoms with Gasteiger partial charge < -0.3 is 9.31 Å². The number of nitrogens with one attached hydrogen (secondary N) is 1. The average Bonchev–Trinajstić information content (AvgIpc) is 2.05. The Labute approximate surface area is 77.9 Å². The number of carbonyl (C=O) groups excluding carboxylic acids is 2. The highest BCUT2D eigenvalue weighted by atomic mass is 16.6. The number of hydrogen-bond acceptors (Lipinski definition) is 5. The van der Waals surface area contributed by atoms with E-state index in [0.29, 0.717) is 0 Å². The molecule has 0 unspecified atom stereocenters. The molecule has 1 heterocycles. The van der Waals surface area contributed by atoms with Gasteiger partial charge >= 0.3 is 19.1 Å². The number of rotatable bonds is 0. The lowest BCUT2D eigenvalue weighted by atomic mass is 9.95. The molecule has 6 heteroatoms. The molecule has 1 fully saturated rings. The van der Waals surface area contributed by atoms with Gasteiger partial charge in [0.25, 0.3) is 0 Å². The molecule has 0 aromatic carbocycles. The molecule has 13 heavy (non-hydrogen) atoms. The first-order chi connectivity index (χ1) is 6.18. The second kappa shape index (κ2) is 6.48. The van der Waals surface area contributed by atoms with Crippen LogP contribution in [0, 0.1) is 0 Å². The van der Waals surface area contributed by atoms with Gasteiger partial charge in [-0.3, -0.25) is 14.9 Å². The summed E-state index contributed by atoms with van der Waals surface area (Å²) >= 11 is 0. The predicted molar refractivity (Wildman–Crippen MR) is 48.0 cm³/mol. The molecule has 0 amide bonds. The second-order valence-electron chi connectivity index (χ2n) is 2.15. The zero-order valence-electron chi connectivity index (χ0n) is 8.12. The van der Waals surface area contributed by atoms with Crippen LogP contribution in [0.1, 0.15) is 13.8 Å². The Bertz CT molecular complexity index is 167. The molecule has 0 aromatic heterocycles. The van der Waals surface area contributed by atoms with Crippen LogP contribution in [0.2, 0.25) is 6.82 Å². The van der Waals surface area contributed by atoms with Crippen LogP contribution >= 0.6 is 0 Å². The Hall–Kier alpha value is -1.04. The molecule has 1 aliphatic rings. The third-order valence-corrected chi connectivity index (χ3v) is 1.13. The first-order valence-electron chi connectivity index (χ1n) is 4.28. The van der Waals surface area contributed by atoms with E-state index in [1.807, 2.05) is 13.8 Å². The van der Waals surface area contributed by atoms with Crippen LogP contribution in [0.15, 0.2) is 0 Å². The van der Waals surface area contributed by atoms with Crippen molar-refractivity contribution < 1.29 is 18.9 Å². The fraction of sp³-hybridized carbons (Fsp3) is 0.714. The number of hydrogen-bond donors (Lipinski definition) is 1. The quantitative estimate of drug-likeness (QED) is 0.533. The molecule has 74 valence electrons. The van der Waals surface area contributed by atoms with Gasteiger partial charge in [-0.15, -0.1) is 0 Å². The summed E-state index contributed by atoms with van der Waals surface area (Å²) in [6.07, 6.45) is 0. The van der Waals surface area contributed by atoms with Crippen molar-refractivity contribution in [1.82, 2.24) is 5.32 Å². The maximum absolute atomic E-state index is 10.7. The summed E-state index contributed by atoms with van der Waals surface area (Å²) < 4.78 is 9.23. The molecular weight excluding hydrogens is 173 g/mol. The van der Waals surface area contributed by atoms with Crippen LogP contribution in [0.4, 0.5) is 0 Å². The molecule has 1 N–H and O–H groups in total. The van der Waals surface area contributed by atoms with Crippen molar-refractivity contribution in [3.63, 3.8) is 0 Å². The van der Waals surface area contributed by atoms with Crippen molar-refractivity contribution in [3.8, 4) is 0 Å². The lowest BCUT2D eigenvalue weighted by Gasteiger charge is -2.14. The predicted octanol–water partition coefficient (Wildman–Crippen LogP) is -0.180. The van der Waals surface area contributed by atoms with E-state index in [2.05, 4.69) is 14.6 Å². The van der Waals surface area contributed by atoms with Gasteiger partial charge in [-0.2, -0.15) is 0 Å². The molecule has 0 atom stereocenters. The molecule has 1 rings (SSSR count). The number of carbonyl (C=O) groups is 2. The van der Waals surface area contributed by atoms with Gasteiger partial charge in [0.2, 0.25) is 0 Å². The second-order valence-corrected chi connectivity index (χ2v) is 2.15. The van der Waals surface area contributed by atoms with Crippen molar-refractivity contribution in [3.05, 3.63) is 0 Å².